The molecule has 1 heterocycles. The molecule has 1 aliphatic heterocycles. The van der Waals surface area contributed by atoms with E-state index in [9.17, 15) is 22.8 Å². The van der Waals surface area contributed by atoms with Crippen LogP contribution in [0.15, 0.2) is 24.3 Å². The molecule has 124 valence electrons. The van der Waals surface area contributed by atoms with Crippen LogP contribution in [-0.4, -0.2) is 43.6 Å². The van der Waals surface area contributed by atoms with Crippen LogP contribution < -0.4 is 9.62 Å². The number of hydrogen-bond donors (Lipinski definition) is 2. The molecule has 0 saturated carbocycles. The number of anilines is 1. The predicted molar refractivity (Wildman–Crippen MR) is 81.5 cm³/mol. The highest BCUT2D eigenvalue weighted by Crippen LogP contribution is 2.28. The molecule has 0 aliphatic carbocycles. The Kier molecular flexibility index (Phi) is 4.69. The SMILES string of the molecule is C[C@@H]1CS(=O)(=O)N(c2ccc(C(=O)NCCC(=O)O)cc2)C1=O. The lowest BCUT2D eigenvalue weighted by molar-refractivity contribution is -0.136. The third-order valence-corrected chi connectivity index (χ3v) is 5.22. The number of nitrogens with one attached hydrogen (secondary N) is 1. The van der Waals surface area contributed by atoms with Crippen molar-refractivity contribution in [3.8, 4) is 0 Å². The highest BCUT2D eigenvalue weighted by molar-refractivity contribution is 7.94. The summed E-state index contributed by atoms with van der Waals surface area (Å²) in [7, 11) is -3.68. The lowest BCUT2D eigenvalue weighted by atomic mass is 10.1. The summed E-state index contributed by atoms with van der Waals surface area (Å²) in [5.74, 6) is -2.82. The molecule has 1 atom stereocenters. The monoisotopic (exact) mass is 340 g/mol. The van der Waals surface area contributed by atoms with Gasteiger partial charge in [-0.3, -0.25) is 14.4 Å². The number of nitrogens with zero attached hydrogens (tertiary/aromatic N) is 1. The minimum absolute atomic E-state index is 0.00752. The second kappa shape index (κ2) is 6.37. The number of carboxylic acid groups (broad SMARTS) is 1. The van der Waals surface area contributed by atoms with Crippen molar-refractivity contribution in [1.29, 1.82) is 0 Å². The molecule has 0 radical (unpaired) electrons. The van der Waals surface area contributed by atoms with Gasteiger partial charge in [0.15, 0.2) is 0 Å². The van der Waals surface area contributed by atoms with E-state index in [1.165, 1.54) is 24.3 Å². The average molecular weight is 340 g/mol. The first-order valence-electron chi connectivity index (χ1n) is 6.89. The summed E-state index contributed by atoms with van der Waals surface area (Å²) in [4.78, 5) is 34.1. The van der Waals surface area contributed by atoms with Crippen molar-refractivity contribution in [1.82, 2.24) is 5.32 Å². The van der Waals surface area contributed by atoms with Crippen molar-refractivity contribution in [3.63, 3.8) is 0 Å². The molecule has 0 aromatic heterocycles. The summed E-state index contributed by atoms with van der Waals surface area (Å²) in [6, 6.07) is 5.52. The van der Waals surface area contributed by atoms with Crippen LogP contribution in [0.3, 0.4) is 0 Å². The fourth-order valence-electron chi connectivity index (χ4n) is 2.22. The molecule has 0 bridgehead atoms. The molecule has 0 spiro atoms. The summed E-state index contributed by atoms with van der Waals surface area (Å²) >= 11 is 0. The van der Waals surface area contributed by atoms with Gasteiger partial charge in [-0.25, -0.2) is 12.7 Å². The van der Waals surface area contributed by atoms with Crippen molar-refractivity contribution >= 4 is 33.5 Å². The van der Waals surface area contributed by atoms with Crippen LogP contribution in [0.1, 0.15) is 23.7 Å². The van der Waals surface area contributed by atoms with E-state index in [4.69, 9.17) is 5.11 Å². The Morgan fingerprint density at radius 2 is 1.91 bits per heavy atom. The smallest absolute Gasteiger partial charge is 0.305 e. The number of rotatable bonds is 5. The van der Waals surface area contributed by atoms with Gasteiger partial charge in [0, 0.05) is 12.1 Å². The maximum atomic E-state index is 12.0. The molecule has 23 heavy (non-hydrogen) atoms. The molecule has 2 N–H and O–H groups in total. The zero-order valence-electron chi connectivity index (χ0n) is 12.4. The van der Waals surface area contributed by atoms with Crippen molar-refractivity contribution in [2.45, 2.75) is 13.3 Å². The Balaban J connectivity index is 2.12. The maximum Gasteiger partial charge on any atom is 0.305 e. The van der Waals surface area contributed by atoms with Crippen molar-refractivity contribution in [3.05, 3.63) is 29.8 Å². The molecule has 1 saturated heterocycles. The first kappa shape index (κ1) is 16.9. The van der Waals surface area contributed by atoms with Gasteiger partial charge < -0.3 is 10.4 Å². The maximum absolute atomic E-state index is 12.0. The number of carbonyl (C=O) groups is 3. The van der Waals surface area contributed by atoms with Gasteiger partial charge in [0.1, 0.15) is 0 Å². The number of sulfonamides is 1. The molecule has 0 unspecified atom stereocenters. The Hall–Kier alpha value is -2.42. The van der Waals surface area contributed by atoms with Crippen LogP contribution >= 0.6 is 0 Å². The lowest BCUT2D eigenvalue weighted by Crippen LogP contribution is -2.30. The number of carbonyl (C=O) groups excluding carboxylic acids is 2. The molecular weight excluding hydrogens is 324 g/mol. The van der Waals surface area contributed by atoms with Crippen LogP contribution in [0.25, 0.3) is 0 Å². The molecule has 1 aromatic carbocycles. The molecule has 9 heteroatoms. The molecular formula is C14H16N2O6S. The molecule has 1 aliphatic rings. The number of hydrogen-bond acceptors (Lipinski definition) is 5. The van der Waals surface area contributed by atoms with Crippen LogP contribution in [0.5, 0.6) is 0 Å². The second-order valence-electron chi connectivity index (χ2n) is 5.23. The van der Waals surface area contributed by atoms with E-state index in [1.54, 1.807) is 6.92 Å². The first-order chi connectivity index (χ1) is 10.7. The highest BCUT2D eigenvalue weighted by atomic mass is 32.2. The van der Waals surface area contributed by atoms with E-state index >= 15 is 0 Å². The van der Waals surface area contributed by atoms with E-state index in [2.05, 4.69) is 5.32 Å². The lowest BCUT2D eigenvalue weighted by Gasteiger charge is -2.15. The van der Waals surface area contributed by atoms with E-state index in [-0.39, 0.29) is 30.0 Å². The van der Waals surface area contributed by atoms with Gasteiger partial charge >= 0.3 is 5.97 Å². The molecule has 1 aromatic rings. The second-order valence-corrected chi connectivity index (χ2v) is 7.09. The number of aliphatic carboxylic acids is 1. The summed E-state index contributed by atoms with van der Waals surface area (Å²) < 4.78 is 24.7. The normalized spacial score (nSPS) is 19.6. The highest BCUT2D eigenvalue weighted by Gasteiger charge is 2.41. The Labute approximate surface area is 133 Å². The van der Waals surface area contributed by atoms with E-state index in [1.807, 2.05) is 0 Å². The largest absolute Gasteiger partial charge is 0.481 e. The van der Waals surface area contributed by atoms with Crippen LogP contribution in [0.2, 0.25) is 0 Å². The molecule has 1 fully saturated rings. The summed E-state index contributed by atoms with van der Waals surface area (Å²) in [5, 5.41) is 10.9. The van der Waals surface area contributed by atoms with E-state index in [0.717, 1.165) is 4.31 Å². The molecule has 2 amide bonds. The summed E-state index contributed by atoms with van der Waals surface area (Å²) in [5.41, 5.74) is 0.428. The first-order valence-corrected chi connectivity index (χ1v) is 8.50. The number of carboxylic acids is 1. The third-order valence-electron chi connectivity index (χ3n) is 3.35. The van der Waals surface area contributed by atoms with Crippen molar-refractivity contribution in [2.24, 2.45) is 5.92 Å². The summed E-state index contributed by atoms with van der Waals surface area (Å²) in [6.07, 6.45) is -0.192. The van der Waals surface area contributed by atoms with Crippen LogP contribution in [-0.2, 0) is 19.6 Å². The van der Waals surface area contributed by atoms with Crippen LogP contribution in [0, 0.1) is 5.92 Å². The van der Waals surface area contributed by atoms with Gasteiger partial charge in [-0.1, -0.05) is 6.92 Å². The minimum Gasteiger partial charge on any atom is -0.481 e. The molecule has 8 nitrogen and oxygen atoms in total. The molecule has 2 rings (SSSR count). The van der Waals surface area contributed by atoms with Gasteiger partial charge in [-0.2, -0.15) is 0 Å². The summed E-state index contributed by atoms with van der Waals surface area (Å²) in [6.45, 7) is 1.54. The minimum atomic E-state index is -3.68. The Morgan fingerprint density at radius 1 is 1.30 bits per heavy atom. The number of benzene rings is 1. The number of amides is 2. The Bertz CT molecular complexity index is 741. The zero-order valence-corrected chi connectivity index (χ0v) is 13.2. The van der Waals surface area contributed by atoms with Crippen LogP contribution in [0.4, 0.5) is 5.69 Å². The topological polar surface area (TPSA) is 121 Å². The van der Waals surface area contributed by atoms with E-state index in [0.29, 0.717) is 0 Å². The zero-order chi connectivity index (χ0) is 17.2. The van der Waals surface area contributed by atoms with Gasteiger partial charge in [0.2, 0.25) is 15.9 Å². The average Bonchev–Trinajstić information content (AvgIpc) is 2.67. The van der Waals surface area contributed by atoms with Crippen molar-refractivity contribution in [2.75, 3.05) is 16.6 Å². The van der Waals surface area contributed by atoms with Crippen molar-refractivity contribution < 1.29 is 27.9 Å². The third kappa shape index (κ3) is 3.67. The van der Waals surface area contributed by atoms with Gasteiger partial charge in [-0.15, -0.1) is 0 Å². The Morgan fingerprint density at radius 3 is 2.39 bits per heavy atom. The van der Waals surface area contributed by atoms with Gasteiger partial charge in [-0.05, 0) is 24.3 Å². The van der Waals surface area contributed by atoms with E-state index < -0.39 is 33.7 Å². The van der Waals surface area contributed by atoms with Gasteiger partial charge in [0.25, 0.3) is 5.91 Å². The fourth-order valence-corrected chi connectivity index (χ4v) is 4.04. The predicted octanol–water partition coefficient (Wildman–Crippen LogP) is 0.204. The van der Waals surface area contributed by atoms with Gasteiger partial charge in [0.05, 0.1) is 23.8 Å². The fraction of sp³-hybridized carbons (Fsp3) is 0.357. The quantitative estimate of drug-likeness (QED) is 0.790. The standard InChI is InChI=1S/C14H16N2O6S/c1-9-8-23(21,22)16(14(9)20)11-4-2-10(3-5-11)13(19)15-7-6-12(17)18/h2-5,9H,6-8H2,1H3,(H,15,19)(H,17,18)/t9-/m1/s1.